The maximum Gasteiger partial charge on any atom is 0.191 e. The van der Waals surface area contributed by atoms with Crippen LogP contribution in [-0.2, 0) is 19.5 Å². The predicted molar refractivity (Wildman–Crippen MR) is 107 cm³/mol. The minimum Gasteiger partial charge on any atom is -0.496 e. The molecule has 0 fully saturated rings. The SMILES string of the molecule is CCc1ccc(CNC(=NC)NCc2c(OC)cc(OC)cc2OC)s1. The highest BCUT2D eigenvalue weighted by Gasteiger charge is 2.13. The van der Waals surface area contributed by atoms with Crippen molar-refractivity contribution in [1.29, 1.82) is 0 Å². The summed E-state index contributed by atoms with van der Waals surface area (Å²) in [5.74, 6) is 2.82. The largest absolute Gasteiger partial charge is 0.496 e. The summed E-state index contributed by atoms with van der Waals surface area (Å²) >= 11 is 1.82. The fourth-order valence-corrected chi connectivity index (χ4v) is 3.42. The number of ether oxygens (including phenoxy) is 3. The Bertz CT molecular complexity index is 718. The summed E-state index contributed by atoms with van der Waals surface area (Å²) in [5, 5.41) is 6.64. The van der Waals surface area contributed by atoms with E-state index in [0.717, 1.165) is 24.5 Å². The fourth-order valence-electron chi connectivity index (χ4n) is 2.52. The van der Waals surface area contributed by atoms with Gasteiger partial charge in [0.25, 0.3) is 0 Å². The van der Waals surface area contributed by atoms with Gasteiger partial charge in [0.1, 0.15) is 17.2 Å². The third-order valence-corrected chi connectivity index (χ3v) is 5.20. The quantitative estimate of drug-likeness (QED) is 0.546. The van der Waals surface area contributed by atoms with Gasteiger partial charge >= 0.3 is 0 Å². The molecule has 0 bridgehead atoms. The van der Waals surface area contributed by atoms with Gasteiger partial charge in [0.2, 0.25) is 0 Å². The summed E-state index contributed by atoms with van der Waals surface area (Å²) in [6, 6.07) is 8.01. The zero-order chi connectivity index (χ0) is 18.9. The molecular weight excluding hydrogens is 350 g/mol. The van der Waals surface area contributed by atoms with Crippen LogP contribution in [0.25, 0.3) is 0 Å². The van der Waals surface area contributed by atoms with E-state index in [1.165, 1.54) is 9.75 Å². The van der Waals surface area contributed by atoms with Crippen LogP contribution in [0.3, 0.4) is 0 Å². The molecule has 1 heterocycles. The number of hydrogen-bond acceptors (Lipinski definition) is 5. The van der Waals surface area contributed by atoms with Gasteiger partial charge in [0.05, 0.1) is 40.0 Å². The molecule has 2 rings (SSSR count). The third kappa shape index (κ3) is 5.05. The first-order chi connectivity index (χ1) is 12.6. The smallest absolute Gasteiger partial charge is 0.191 e. The number of aliphatic imine (C=N–C) groups is 1. The number of rotatable bonds is 8. The van der Waals surface area contributed by atoms with Crippen LogP contribution in [0.15, 0.2) is 29.3 Å². The van der Waals surface area contributed by atoms with Crippen molar-refractivity contribution in [2.45, 2.75) is 26.4 Å². The second-order valence-corrected chi connectivity index (χ2v) is 6.76. The highest BCUT2D eigenvalue weighted by molar-refractivity contribution is 7.11. The Hall–Kier alpha value is -2.41. The second kappa shape index (κ2) is 9.91. The van der Waals surface area contributed by atoms with Gasteiger partial charge in [-0.1, -0.05) is 6.92 Å². The second-order valence-electron chi connectivity index (χ2n) is 5.51. The van der Waals surface area contributed by atoms with Crippen molar-refractivity contribution in [1.82, 2.24) is 10.6 Å². The Balaban J connectivity index is 2.03. The number of methoxy groups -OCH3 is 3. The number of aryl methyl sites for hydroxylation is 1. The number of hydrogen-bond donors (Lipinski definition) is 2. The van der Waals surface area contributed by atoms with Gasteiger partial charge in [-0.2, -0.15) is 0 Å². The van der Waals surface area contributed by atoms with Gasteiger partial charge in [-0.3, -0.25) is 4.99 Å². The maximum absolute atomic E-state index is 5.48. The van der Waals surface area contributed by atoms with Gasteiger partial charge in [-0.05, 0) is 18.6 Å². The Morgan fingerprint density at radius 2 is 1.58 bits per heavy atom. The lowest BCUT2D eigenvalue weighted by Crippen LogP contribution is -2.36. The van der Waals surface area contributed by atoms with Crippen LogP contribution in [0.2, 0.25) is 0 Å². The molecule has 0 aliphatic heterocycles. The lowest BCUT2D eigenvalue weighted by atomic mass is 10.1. The zero-order valence-corrected chi connectivity index (χ0v) is 16.8. The maximum atomic E-state index is 5.48. The van der Waals surface area contributed by atoms with Crippen LogP contribution < -0.4 is 24.8 Å². The van der Waals surface area contributed by atoms with Crippen molar-refractivity contribution in [2.24, 2.45) is 4.99 Å². The van der Waals surface area contributed by atoms with Gasteiger partial charge in [0.15, 0.2) is 5.96 Å². The first-order valence-electron chi connectivity index (χ1n) is 8.46. The van der Waals surface area contributed by atoms with Crippen molar-refractivity contribution in [2.75, 3.05) is 28.4 Å². The van der Waals surface area contributed by atoms with E-state index in [9.17, 15) is 0 Å². The van der Waals surface area contributed by atoms with Crippen molar-refractivity contribution in [3.8, 4) is 17.2 Å². The summed E-state index contributed by atoms with van der Waals surface area (Å²) in [7, 11) is 6.63. The molecular formula is C19H27N3O3S. The Kier molecular flexibility index (Phi) is 7.59. The molecule has 1 aromatic heterocycles. The summed E-state index contributed by atoms with van der Waals surface area (Å²) in [4.78, 5) is 6.95. The molecule has 26 heavy (non-hydrogen) atoms. The van der Waals surface area contributed by atoms with Gasteiger partial charge < -0.3 is 24.8 Å². The monoisotopic (exact) mass is 377 g/mol. The summed E-state index contributed by atoms with van der Waals surface area (Å²) < 4.78 is 16.2. The molecule has 7 heteroatoms. The number of benzene rings is 1. The molecule has 0 aliphatic rings. The molecule has 0 unspecified atom stereocenters. The van der Waals surface area contributed by atoms with Gasteiger partial charge in [-0.25, -0.2) is 0 Å². The Morgan fingerprint density at radius 1 is 0.962 bits per heavy atom. The van der Waals surface area contributed by atoms with Gasteiger partial charge in [-0.15, -0.1) is 11.3 Å². The molecule has 6 nitrogen and oxygen atoms in total. The normalized spacial score (nSPS) is 11.2. The average Bonchev–Trinajstić information content (AvgIpc) is 3.15. The van der Waals surface area contributed by atoms with E-state index in [2.05, 4.69) is 34.7 Å². The van der Waals surface area contributed by atoms with E-state index in [1.807, 2.05) is 23.5 Å². The first kappa shape index (κ1) is 19.9. The number of thiophene rings is 1. The van der Waals surface area contributed by atoms with Crippen LogP contribution in [0.1, 0.15) is 22.2 Å². The predicted octanol–water partition coefficient (Wildman–Crippen LogP) is 3.20. The molecule has 142 valence electrons. The van der Waals surface area contributed by atoms with Crippen LogP contribution in [0.4, 0.5) is 0 Å². The van der Waals surface area contributed by atoms with E-state index in [-0.39, 0.29) is 0 Å². The van der Waals surface area contributed by atoms with Crippen molar-refractivity contribution in [3.05, 3.63) is 39.6 Å². The van der Waals surface area contributed by atoms with Crippen molar-refractivity contribution in [3.63, 3.8) is 0 Å². The molecule has 0 spiro atoms. The van der Waals surface area contributed by atoms with E-state index >= 15 is 0 Å². The molecule has 0 aliphatic carbocycles. The van der Waals surface area contributed by atoms with Crippen molar-refractivity contribution < 1.29 is 14.2 Å². The van der Waals surface area contributed by atoms with Crippen LogP contribution in [0, 0.1) is 0 Å². The van der Waals surface area contributed by atoms with Crippen LogP contribution >= 0.6 is 11.3 Å². The zero-order valence-electron chi connectivity index (χ0n) is 16.0. The highest BCUT2D eigenvalue weighted by atomic mass is 32.1. The van der Waals surface area contributed by atoms with E-state index < -0.39 is 0 Å². The van der Waals surface area contributed by atoms with Crippen LogP contribution in [0.5, 0.6) is 17.2 Å². The van der Waals surface area contributed by atoms with E-state index in [4.69, 9.17) is 14.2 Å². The van der Waals surface area contributed by atoms with E-state index in [0.29, 0.717) is 23.8 Å². The van der Waals surface area contributed by atoms with E-state index in [1.54, 1.807) is 28.4 Å². The molecule has 0 atom stereocenters. The minimum absolute atomic E-state index is 0.515. The highest BCUT2D eigenvalue weighted by Crippen LogP contribution is 2.33. The Morgan fingerprint density at radius 3 is 2.08 bits per heavy atom. The molecule has 0 amide bonds. The lowest BCUT2D eigenvalue weighted by molar-refractivity contribution is 0.368. The molecule has 2 aromatic rings. The number of guanidine groups is 1. The molecule has 2 N–H and O–H groups in total. The minimum atomic E-state index is 0.515. The number of nitrogens with zero attached hydrogens (tertiary/aromatic N) is 1. The van der Waals surface area contributed by atoms with Crippen LogP contribution in [-0.4, -0.2) is 34.3 Å². The Labute approximate surface area is 159 Å². The topological polar surface area (TPSA) is 64.1 Å². The summed E-state index contributed by atoms with van der Waals surface area (Å²) in [5.41, 5.74) is 0.906. The molecule has 1 aromatic carbocycles. The average molecular weight is 378 g/mol. The third-order valence-electron chi connectivity index (χ3n) is 3.97. The van der Waals surface area contributed by atoms with Crippen molar-refractivity contribution >= 4 is 17.3 Å². The lowest BCUT2D eigenvalue weighted by Gasteiger charge is -2.17. The number of nitrogens with one attached hydrogen (secondary N) is 2. The summed E-state index contributed by atoms with van der Waals surface area (Å²) in [6.45, 7) is 3.42. The molecule has 0 saturated heterocycles. The molecule has 0 saturated carbocycles. The standard InChI is InChI=1S/C19H27N3O3S/c1-6-14-7-8-15(26-14)11-21-19(20-2)22-12-16-17(24-4)9-13(23-3)10-18(16)25-5/h7-10H,6,11-12H2,1-5H3,(H2,20,21,22). The van der Waals surface area contributed by atoms with Gasteiger partial charge in [0, 0.05) is 28.9 Å². The molecule has 0 radical (unpaired) electrons. The fraction of sp³-hybridized carbons (Fsp3) is 0.421. The summed E-state index contributed by atoms with van der Waals surface area (Å²) in [6.07, 6.45) is 1.06. The first-order valence-corrected chi connectivity index (χ1v) is 9.27.